The number of halogens is 2. The summed E-state index contributed by atoms with van der Waals surface area (Å²) in [6, 6.07) is 0. The molecule has 0 heterocycles. The van der Waals surface area contributed by atoms with Crippen LogP contribution in [-0.4, -0.2) is 17.0 Å². The molecule has 0 spiro atoms. The Morgan fingerprint density at radius 1 is 0.769 bits per heavy atom. The molecular formula is C9H21Cl2NiP. The molecule has 0 unspecified atom stereocenters. The van der Waals surface area contributed by atoms with Gasteiger partial charge < -0.3 is 0 Å². The van der Waals surface area contributed by atoms with Crippen LogP contribution < -0.4 is 0 Å². The van der Waals surface area contributed by atoms with E-state index in [0.717, 1.165) is 17.0 Å². The third-order valence-electron chi connectivity index (χ3n) is 1.79. The van der Waals surface area contributed by atoms with Gasteiger partial charge in [-0.25, -0.2) is 0 Å². The Labute approximate surface area is 99.2 Å². The normalized spacial score (nSPS) is 11.4. The quantitative estimate of drug-likeness (QED) is 0.503. The molecule has 0 atom stereocenters. The zero-order valence-electron chi connectivity index (χ0n) is 9.25. The molecule has 0 aliphatic heterocycles. The first kappa shape index (κ1) is 16.9. The van der Waals surface area contributed by atoms with Gasteiger partial charge in [-0.2, -0.15) is 0 Å². The van der Waals surface area contributed by atoms with E-state index in [4.69, 9.17) is 20.4 Å². The van der Waals surface area contributed by atoms with Crippen molar-refractivity contribution in [1.82, 2.24) is 0 Å². The number of rotatable bonds is 3. The van der Waals surface area contributed by atoms with Gasteiger partial charge in [0.25, 0.3) is 0 Å². The second-order valence-electron chi connectivity index (χ2n) is 3.77. The molecule has 0 aromatic rings. The molecule has 0 bridgehead atoms. The Morgan fingerprint density at radius 2 is 0.923 bits per heavy atom. The van der Waals surface area contributed by atoms with Crippen molar-refractivity contribution in [2.24, 2.45) is 0 Å². The molecule has 4 heteroatoms. The molecule has 0 saturated carbocycles. The van der Waals surface area contributed by atoms with Crippen LogP contribution >= 0.6 is 28.3 Å². The molecule has 13 heavy (non-hydrogen) atoms. The molecule has 0 fully saturated rings. The molecule has 0 saturated heterocycles. The van der Waals surface area contributed by atoms with E-state index in [-0.39, 0.29) is 7.92 Å². The molecule has 0 radical (unpaired) electrons. The topological polar surface area (TPSA) is 0 Å². The standard InChI is InChI=1S/C9H21P.2ClH.Ni/c1-7(2)10(8(3)4)9(5)6;;;/h7-9H,1-6H3;2*1H;/q;;;+2/p-2. The first-order valence-electron chi connectivity index (χ1n) is 4.48. The summed E-state index contributed by atoms with van der Waals surface area (Å²) in [5.74, 6) is 0. The fourth-order valence-electron chi connectivity index (χ4n) is 1.79. The van der Waals surface area contributed by atoms with Gasteiger partial charge in [-0.3, -0.25) is 0 Å². The second kappa shape index (κ2) is 10.0. The number of hydrogen-bond donors (Lipinski definition) is 0. The van der Waals surface area contributed by atoms with Gasteiger partial charge >= 0.3 is 33.0 Å². The van der Waals surface area contributed by atoms with Crippen LogP contribution in [0, 0.1) is 0 Å². The third-order valence-corrected chi connectivity index (χ3v) is 5.37. The van der Waals surface area contributed by atoms with Crippen LogP contribution in [-0.2, 0) is 12.7 Å². The van der Waals surface area contributed by atoms with Gasteiger partial charge in [0.05, 0.1) is 0 Å². The maximum absolute atomic E-state index is 4.70. The number of hydrogen-bond acceptors (Lipinski definition) is 0. The van der Waals surface area contributed by atoms with E-state index in [1.807, 2.05) is 0 Å². The molecule has 86 valence electrons. The van der Waals surface area contributed by atoms with E-state index in [1.165, 1.54) is 0 Å². The molecule has 0 N–H and O–H groups in total. The maximum atomic E-state index is 4.70. The molecule has 0 amide bonds. The fourth-order valence-corrected chi connectivity index (χ4v) is 5.37. The molecule has 0 aromatic carbocycles. The van der Waals surface area contributed by atoms with Crippen molar-refractivity contribution in [2.45, 2.75) is 58.5 Å². The van der Waals surface area contributed by atoms with Crippen LogP contribution in [0.1, 0.15) is 41.5 Å². The van der Waals surface area contributed by atoms with Gasteiger partial charge in [-0.05, 0) is 17.0 Å². The van der Waals surface area contributed by atoms with Crippen LogP contribution in [0.15, 0.2) is 0 Å². The Kier molecular flexibility index (Phi) is 13.1. The predicted molar refractivity (Wildman–Crippen MR) is 64.0 cm³/mol. The fraction of sp³-hybridized carbons (Fsp3) is 1.00. The first-order chi connectivity index (χ1) is 5.88. The molecule has 0 aromatic heterocycles. The average molecular weight is 290 g/mol. The van der Waals surface area contributed by atoms with Gasteiger partial charge in [-0.15, -0.1) is 0 Å². The minimum absolute atomic E-state index is 0.262. The van der Waals surface area contributed by atoms with Crippen molar-refractivity contribution in [2.75, 3.05) is 0 Å². The minimum atomic E-state index is 0.262. The Hall–Kier alpha value is 1.50. The second-order valence-corrected chi connectivity index (χ2v) is 9.40. The molecule has 0 rings (SSSR count). The van der Waals surface area contributed by atoms with Crippen molar-refractivity contribution < 1.29 is 12.7 Å². The Morgan fingerprint density at radius 3 is 0.923 bits per heavy atom. The zero-order chi connectivity index (χ0) is 11.0. The summed E-state index contributed by atoms with van der Waals surface area (Å²) >= 11 is 0.569. The van der Waals surface area contributed by atoms with E-state index in [1.54, 1.807) is 0 Å². The van der Waals surface area contributed by atoms with Crippen LogP contribution in [0.3, 0.4) is 0 Å². The molecule has 0 aliphatic carbocycles. The monoisotopic (exact) mass is 288 g/mol. The SMILES string of the molecule is CC(C)P(C(C)C)C(C)C.[Cl][Ni][Cl]. The summed E-state index contributed by atoms with van der Waals surface area (Å²) in [4.78, 5) is 0. The molecular weight excluding hydrogens is 269 g/mol. The summed E-state index contributed by atoms with van der Waals surface area (Å²) in [5, 5.41) is 0. The third kappa shape index (κ3) is 9.80. The van der Waals surface area contributed by atoms with Crippen LogP contribution in [0.2, 0.25) is 0 Å². The van der Waals surface area contributed by atoms with E-state index in [0.29, 0.717) is 12.7 Å². The van der Waals surface area contributed by atoms with Crippen molar-refractivity contribution >= 4 is 28.3 Å². The summed E-state index contributed by atoms with van der Waals surface area (Å²) in [7, 11) is 9.67. The summed E-state index contributed by atoms with van der Waals surface area (Å²) in [5.41, 5.74) is 2.69. The van der Waals surface area contributed by atoms with E-state index in [9.17, 15) is 0 Å². The summed E-state index contributed by atoms with van der Waals surface area (Å²) in [6.07, 6.45) is 0. The average Bonchev–Trinajstić information content (AvgIpc) is 1.84. The van der Waals surface area contributed by atoms with Gasteiger partial charge in [0.1, 0.15) is 0 Å². The summed E-state index contributed by atoms with van der Waals surface area (Å²) < 4.78 is 0. The van der Waals surface area contributed by atoms with Crippen molar-refractivity contribution in [3.05, 3.63) is 0 Å². The van der Waals surface area contributed by atoms with E-state index < -0.39 is 0 Å². The molecule has 0 nitrogen and oxygen atoms in total. The van der Waals surface area contributed by atoms with Crippen molar-refractivity contribution in [3.8, 4) is 0 Å². The predicted octanol–water partition coefficient (Wildman–Crippen LogP) is 5.07. The van der Waals surface area contributed by atoms with Crippen molar-refractivity contribution in [3.63, 3.8) is 0 Å². The van der Waals surface area contributed by atoms with Gasteiger partial charge in [0, 0.05) is 0 Å². The van der Waals surface area contributed by atoms with Gasteiger partial charge in [0.2, 0.25) is 0 Å². The van der Waals surface area contributed by atoms with Crippen molar-refractivity contribution in [1.29, 1.82) is 0 Å². The molecule has 0 aliphatic rings. The summed E-state index contributed by atoms with van der Waals surface area (Å²) in [6.45, 7) is 14.1. The van der Waals surface area contributed by atoms with Gasteiger partial charge in [0.15, 0.2) is 0 Å². The van der Waals surface area contributed by atoms with E-state index >= 15 is 0 Å². The van der Waals surface area contributed by atoms with Crippen LogP contribution in [0.25, 0.3) is 0 Å². The Balaban J connectivity index is 0. The Bertz CT molecular complexity index is 88.8. The first-order valence-corrected chi connectivity index (χ1v) is 8.74. The van der Waals surface area contributed by atoms with Crippen LogP contribution in [0.4, 0.5) is 0 Å². The zero-order valence-corrected chi connectivity index (χ0v) is 12.6. The van der Waals surface area contributed by atoms with E-state index in [2.05, 4.69) is 41.5 Å². The van der Waals surface area contributed by atoms with Crippen LogP contribution in [0.5, 0.6) is 0 Å². The van der Waals surface area contributed by atoms with Gasteiger partial charge in [-0.1, -0.05) is 49.5 Å².